The van der Waals surface area contributed by atoms with E-state index in [1.807, 2.05) is 4.90 Å². The van der Waals surface area contributed by atoms with Crippen molar-refractivity contribution in [1.29, 1.82) is 0 Å². The molecule has 1 fully saturated rings. The number of nitrogens with two attached hydrogens (primary N) is 1. The maximum absolute atomic E-state index is 12.4. The number of piperazine rings is 1. The highest BCUT2D eigenvalue weighted by Gasteiger charge is 2.44. The normalized spacial score (nSPS) is 23.0. The van der Waals surface area contributed by atoms with Crippen LogP contribution in [0.3, 0.4) is 0 Å². The number of hydrogen-bond acceptors (Lipinski definition) is 3. The van der Waals surface area contributed by atoms with E-state index in [4.69, 9.17) is 5.73 Å². The van der Waals surface area contributed by atoms with Crippen LogP contribution in [0.25, 0.3) is 0 Å². The third-order valence-electron chi connectivity index (χ3n) is 6.36. The van der Waals surface area contributed by atoms with E-state index in [0.29, 0.717) is 5.92 Å². The van der Waals surface area contributed by atoms with Crippen molar-refractivity contribution in [2.24, 2.45) is 11.7 Å². The molecule has 2 amide bonds. The van der Waals surface area contributed by atoms with Gasteiger partial charge in [0.1, 0.15) is 0 Å². The average Bonchev–Trinajstić information content (AvgIpc) is 2.59. The quantitative estimate of drug-likeness (QED) is 0.897. The van der Waals surface area contributed by atoms with Crippen molar-refractivity contribution in [2.75, 3.05) is 43.0 Å². The molecule has 2 heterocycles. The van der Waals surface area contributed by atoms with Crippen molar-refractivity contribution in [2.45, 2.75) is 52.0 Å². The Kier molecular flexibility index (Phi) is 5.47. The molecule has 0 bridgehead atoms. The van der Waals surface area contributed by atoms with Crippen LogP contribution in [-0.2, 0) is 6.42 Å². The number of amides is 2. The molecule has 5 nitrogen and oxygen atoms in total. The van der Waals surface area contributed by atoms with Gasteiger partial charge >= 0.3 is 6.03 Å². The number of primary amides is 1. The minimum atomic E-state index is -0.340. The maximum atomic E-state index is 12.4. The van der Waals surface area contributed by atoms with Crippen LogP contribution in [0.2, 0.25) is 0 Å². The largest absolute Gasteiger partial charge is 0.369 e. The highest BCUT2D eigenvalue weighted by molar-refractivity contribution is 5.95. The first-order valence-electron chi connectivity index (χ1n) is 10.0. The van der Waals surface area contributed by atoms with Gasteiger partial charge in [-0.15, -0.1) is 0 Å². The third kappa shape index (κ3) is 3.41. The number of rotatable bonds is 4. The molecule has 5 heteroatoms. The number of nitrogens with zero attached hydrogens (tertiary/aromatic N) is 3. The lowest BCUT2D eigenvalue weighted by Crippen LogP contribution is -2.58. The fraction of sp³-hybridized carbons (Fsp3) is 0.667. The van der Waals surface area contributed by atoms with Gasteiger partial charge in [-0.2, -0.15) is 0 Å². The number of fused-ring (bicyclic) bond motifs is 1. The van der Waals surface area contributed by atoms with Crippen molar-refractivity contribution in [1.82, 2.24) is 4.90 Å². The molecule has 2 aliphatic rings. The molecule has 1 aromatic rings. The Bertz CT molecular complexity index is 649. The maximum Gasteiger partial charge on any atom is 0.319 e. The lowest BCUT2D eigenvalue weighted by molar-refractivity contribution is 0.225. The van der Waals surface area contributed by atoms with Crippen LogP contribution in [0.1, 0.15) is 45.6 Å². The van der Waals surface area contributed by atoms with Gasteiger partial charge < -0.3 is 15.5 Å². The van der Waals surface area contributed by atoms with Crippen molar-refractivity contribution in [3.8, 4) is 0 Å². The first-order chi connectivity index (χ1) is 12.4. The summed E-state index contributed by atoms with van der Waals surface area (Å²) in [4.78, 5) is 19.1. The second-order valence-corrected chi connectivity index (χ2v) is 8.44. The monoisotopic (exact) mass is 358 g/mol. The van der Waals surface area contributed by atoms with Crippen LogP contribution in [0.4, 0.5) is 16.2 Å². The minimum absolute atomic E-state index is 0.255. The summed E-state index contributed by atoms with van der Waals surface area (Å²) < 4.78 is 0. The Morgan fingerprint density at radius 2 is 1.85 bits per heavy atom. The zero-order valence-corrected chi connectivity index (χ0v) is 16.8. The number of carbonyl (C=O) groups excluding carboxylic acids is 1. The summed E-state index contributed by atoms with van der Waals surface area (Å²) in [7, 11) is 2.18. The lowest BCUT2D eigenvalue weighted by Gasteiger charge is -2.49. The van der Waals surface area contributed by atoms with Crippen LogP contribution >= 0.6 is 0 Å². The predicted octanol–water partition coefficient (Wildman–Crippen LogP) is 3.46. The second kappa shape index (κ2) is 7.47. The van der Waals surface area contributed by atoms with Crippen LogP contribution in [0.5, 0.6) is 0 Å². The van der Waals surface area contributed by atoms with Crippen molar-refractivity contribution in [3.05, 3.63) is 23.8 Å². The van der Waals surface area contributed by atoms with Gasteiger partial charge in [-0.1, -0.05) is 25.8 Å². The summed E-state index contributed by atoms with van der Waals surface area (Å²) >= 11 is 0. The number of carbonyl (C=O) groups is 1. The van der Waals surface area contributed by atoms with Gasteiger partial charge in [-0.25, -0.2) is 4.79 Å². The highest BCUT2D eigenvalue weighted by Crippen LogP contribution is 2.45. The third-order valence-corrected chi connectivity index (χ3v) is 6.36. The fourth-order valence-electron chi connectivity index (χ4n) is 4.62. The van der Waals surface area contributed by atoms with Crippen molar-refractivity contribution in [3.63, 3.8) is 0 Å². The number of hydrogen-bond donors (Lipinski definition) is 1. The van der Waals surface area contributed by atoms with E-state index in [0.717, 1.165) is 44.7 Å². The molecule has 144 valence electrons. The zero-order valence-electron chi connectivity index (χ0n) is 16.8. The minimum Gasteiger partial charge on any atom is -0.369 e. The van der Waals surface area contributed by atoms with Gasteiger partial charge in [0.05, 0.1) is 5.69 Å². The average molecular weight is 359 g/mol. The zero-order chi connectivity index (χ0) is 18.9. The van der Waals surface area contributed by atoms with E-state index < -0.39 is 0 Å². The van der Waals surface area contributed by atoms with Gasteiger partial charge in [-0.05, 0) is 57.4 Å². The fourth-order valence-corrected chi connectivity index (χ4v) is 4.62. The molecule has 0 saturated carbocycles. The van der Waals surface area contributed by atoms with Crippen LogP contribution in [-0.4, -0.2) is 49.7 Å². The molecular weight excluding hydrogens is 324 g/mol. The molecule has 26 heavy (non-hydrogen) atoms. The molecule has 1 unspecified atom stereocenters. The first-order valence-corrected chi connectivity index (χ1v) is 10.0. The number of anilines is 2. The summed E-state index contributed by atoms with van der Waals surface area (Å²) in [6.45, 7) is 10.8. The molecule has 0 spiro atoms. The van der Waals surface area contributed by atoms with Gasteiger partial charge in [0.2, 0.25) is 0 Å². The SMILES string of the molecule is CCCCC1Cc2c(N3CCN(C)CC3)cccc2N(C(N)=O)C1(C)C. The number of urea groups is 1. The standard InChI is InChI=1S/C21H34N4O/c1-5-6-8-16-15-17-18(24-13-11-23(4)12-14-24)9-7-10-19(17)25(20(22)26)21(16,2)3/h7,9-10,16H,5-6,8,11-15H2,1-4H3,(H2,22,26). The molecule has 2 aliphatic heterocycles. The molecule has 0 radical (unpaired) electrons. The lowest BCUT2D eigenvalue weighted by atomic mass is 9.74. The van der Waals surface area contributed by atoms with Gasteiger partial charge in [0.15, 0.2) is 0 Å². The summed E-state index contributed by atoms with van der Waals surface area (Å²) in [6.07, 6.45) is 4.52. The molecular formula is C21H34N4O. The highest BCUT2D eigenvalue weighted by atomic mass is 16.2. The van der Waals surface area contributed by atoms with Gasteiger partial charge in [-0.3, -0.25) is 4.90 Å². The van der Waals surface area contributed by atoms with Crippen LogP contribution < -0.4 is 15.5 Å². The van der Waals surface area contributed by atoms with Gasteiger partial charge in [0, 0.05) is 37.4 Å². The van der Waals surface area contributed by atoms with E-state index in [2.05, 4.69) is 55.8 Å². The van der Waals surface area contributed by atoms with Crippen molar-refractivity contribution < 1.29 is 4.79 Å². The van der Waals surface area contributed by atoms with Crippen molar-refractivity contribution >= 4 is 17.4 Å². The van der Waals surface area contributed by atoms with E-state index in [1.165, 1.54) is 24.1 Å². The topological polar surface area (TPSA) is 52.8 Å². The molecule has 3 rings (SSSR count). The summed E-state index contributed by atoms with van der Waals surface area (Å²) in [5.41, 5.74) is 9.21. The molecule has 0 aromatic heterocycles. The predicted molar refractivity (Wildman–Crippen MR) is 109 cm³/mol. The molecule has 2 N–H and O–H groups in total. The smallest absolute Gasteiger partial charge is 0.319 e. The summed E-state index contributed by atoms with van der Waals surface area (Å²) in [6, 6.07) is 6.02. The van der Waals surface area contributed by atoms with E-state index in [9.17, 15) is 4.79 Å². The van der Waals surface area contributed by atoms with E-state index in [1.54, 1.807) is 0 Å². The Labute approximate surface area is 158 Å². The number of unbranched alkanes of at least 4 members (excludes halogenated alkanes) is 1. The molecule has 1 aromatic carbocycles. The Balaban J connectivity index is 2.01. The number of likely N-dealkylation sites (N-methyl/N-ethyl adjacent to an activating group) is 1. The first kappa shape index (κ1) is 19.0. The van der Waals surface area contributed by atoms with Gasteiger partial charge in [0.25, 0.3) is 0 Å². The Morgan fingerprint density at radius 1 is 1.19 bits per heavy atom. The van der Waals surface area contributed by atoms with E-state index >= 15 is 0 Å². The van der Waals surface area contributed by atoms with E-state index in [-0.39, 0.29) is 11.6 Å². The summed E-state index contributed by atoms with van der Waals surface area (Å²) in [5, 5.41) is 0. The summed E-state index contributed by atoms with van der Waals surface area (Å²) in [5.74, 6) is 0.427. The Morgan fingerprint density at radius 3 is 2.46 bits per heavy atom. The number of benzene rings is 1. The van der Waals surface area contributed by atoms with Crippen LogP contribution in [0.15, 0.2) is 18.2 Å². The Hall–Kier alpha value is -1.75. The van der Waals surface area contributed by atoms with Crippen LogP contribution in [0, 0.1) is 5.92 Å². The second-order valence-electron chi connectivity index (χ2n) is 8.44. The molecule has 1 saturated heterocycles. The molecule has 1 atom stereocenters. The molecule has 0 aliphatic carbocycles.